The Kier molecular flexibility index (Phi) is 3.33. The van der Waals surface area contributed by atoms with Crippen molar-refractivity contribution in [2.75, 3.05) is 18.0 Å². The van der Waals surface area contributed by atoms with Crippen LogP contribution in [0.15, 0.2) is 10.9 Å². The lowest BCUT2D eigenvalue weighted by Gasteiger charge is -2.44. The first-order chi connectivity index (χ1) is 9.17. The minimum absolute atomic E-state index is 0.0412. The van der Waals surface area contributed by atoms with E-state index in [1.165, 1.54) is 44.9 Å². The van der Waals surface area contributed by atoms with Crippen LogP contribution in [0, 0.1) is 12.3 Å². The lowest BCUT2D eigenvalue weighted by Crippen LogP contribution is -2.41. The molecule has 0 radical (unpaired) electrons. The lowest BCUT2D eigenvalue weighted by atomic mass is 9.68. The molecule has 19 heavy (non-hydrogen) atoms. The van der Waals surface area contributed by atoms with Crippen LogP contribution in [0.5, 0.6) is 0 Å². The summed E-state index contributed by atoms with van der Waals surface area (Å²) in [4.78, 5) is 21.0. The van der Waals surface area contributed by atoms with Gasteiger partial charge in [0.15, 0.2) is 0 Å². The molecule has 0 amide bonds. The number of H-pyrrole nitrogens is 1. The number of hydrogen-bond acceptors (Lipinski definition) is 3. The van der Waals surface area contributed by atoms with Gasteiger partial charge in [-0.25, -0.2) is 4.98 Å². The predicted octanol–water partition coefficient (Wildman–Crippen LogP) is 2.63. The maximum absolute atomic E-state index is 11.5. The van der Waals surface area contributed by atoms with E-state index < -0.39 is 0 Å². The van der Waals surface area contributed by atoms with Crippen LogP contribution in [-0.4, -0.2) is 23.1 Å². The number of piperidine rings is 1. The van der Waals surface area contributed by atoms with Gasteiger partial charge in [0, 0.05) is 19.2 Å². The molecule has 2 fully saturated rings. The van der Waals surface area contributed by atoms with E-state index in [1.54, 1.807) is 6.07 Å². The van der Waals surface area contributed by atoms with Gasteiger partial charge >= 0.3 is 0 Å². The zero-order valence-electron chi connectivity index (χ0n) is 11.7. The van der Waals surface area contributed by atoms with Gasteiger partial charge in [-0.3, -0.25) is 4.79 Å². The Hall–Kier alpha value is -1.32. The van der Waals surface area contributed by atoms with Crippen LogP contribution >= 0.6 is 0 Å². The van der Waals surface area contributed by atoms with Crippen molar-refractivity contribution >= 4 is 5.82 Å². The fourth-order valence-electron chi connectivity index (χ4n) is 3.74. The van der Waals surface area contributed by atoms with Crippen LogP contribution in [-0.2, 0) is 0 Å². The zero-order chi connectivity index (χ0) is 13.3. The van der Waals surface area contributed by atoms with Gasteiger partial charge in [-0.15, -0.1) is 0 Å². The van der Waals surface area contributed by atoms with Gasteiger partial charge in [-0.05, 0) is 38.0 Å². The second kappa shape index (κ2) is 4.99. The molecular formula is C15H23N3O. The number of nitrogens with zero attached hydrogens (tertiary/aromatic N) is 2. The molecule has 1 aliphatic carbocycles. The summed E-state index contributed by atoms with van der Waals surface area (Å²) in [6.45, 7) is 3.95. The van der Waals surface area contributed by atoms with E-state index in [0.717, 1.165) is 18.9 Å². The summed E-state index contributed by atoms with van der Waals surface area (Å²) in [7, 11) is 0. The first kappa shape index (κ1) is 12.7. The minimum atomic E-state index is -0.0412. The van der Waals surface area contributed by atoms with E-state index in [0.29, 0.717) is 11.2 Å². The maximum atomic E-state index is 11.5. The molecule has 2 heterocycles. The predicted molar refractivity (Wildman–Crippen MR) is 76.6 cm³/mol. The van der Waals surface area contributed by atoms with E-state index >= 15 is 0 Å². The third-order valence-electron chi connectivity index (χ3n) is 4.91. The van der Waals surface area contributed by atoms with Crippen molar-refractivity contribution in [2.45, 2.75) is 51.9 Å². The second-order valence-electron chi connectivity index (χ2n) is 6.24. The van der Waals surface area contributed by atoms with Crippen molar-refractivity contribution in [1.82, 2.24) is 9.97 Å². The number of rotatable bonds is 1. The number of anilines is 1. The first-order valence-corrected chi connectivity index (χ1v) is 7.50. The average molecular weight is 261 g/mol. The van der Waals surface area contributed by atoms with Gasteiger partial charge in [0.25, 0.3) is 5.56 Å². The summed E-state index contributed by atoms with van der Waals surface area (Å²) in [5.74, 6) is 1.56. The number of aromatic amines is 1. The number of aromatic nitrogens is 2. The van der Waals surface area contributed by atoms with Gasteiger partial charge < -0.3 is 9.88 Å². The maximum Gasteiger partial charge on any atom is 0.252 e. The molecule has 0 unspecified atom stereocenters. The minimum Gasteiger partial charge on any atom is -0.356 e. The number of hydrogen-bond donors (Lipinski definition) is 1. The fraction of sp³-hybridized carbons (Fsp3) is 0.733. The van der Waals surface area contributed by atoms with E-state index in [-0.39, 0.29) is 5.56 Å². The number of aryl methyl sites for hydroxylation is 1. The molecule has 0 atom stereocenters. The van der Waals surface area contributed by atoms with Crippen LogP contribution in [0.1, 0.15) is 50.8 Å². The zero-order valence-corrected chi connectivity index (χ0v) is 11.7. The summed E-state index contributed by atoms with van der Waals surface area (Å²) in [5.41, 5.74) is 0.561. The summed E-state index contributed by atoms with van der Waals surface area (Å²) >= 11 is 0. The molecule has 1 saturated heterocycles. The van der Waals surface area contributed by atoms with Gasteiger partial charge in [0.2, 0.25) is 0 Å². The van der Waals surface area contributed by atoms with Crippen molar-refractivity contribution in [1.29, 1.82) is 0 Å². The normalized spacial score (nSPS) is 22.7. The highest BCUT2D eigenvalue weighted by Crippen LogP contribution is 2.44. The lowest BCUT2D eigenvalue weighted by molar-refractivity contribution is 0.144. The molecule has 2 aliphatic rings. The van der Waals surface area contributed by atoms with Crippen LogP contribution in [0.4, 0.5) is 5.82 Å². The van der Waals surface area contributed by atoms with E-state index in [1.807, 2.05) is 6.92 Å². The van der Waals surface area contributed by atoms with E-state index in [9.17, 15) is 4.79 Å². The molecule has 0 aromatic carbocycles. The molecule has 1 saturated carbocycles. The smallest absolute Gasteiger partial charge is 0.252 e. The molecule has 4 nitrogen and oxygen atoms in total. The highest BCUT2D eigenvalue weighted by molar-refractivity contribution is 5.38. The first-order valence-electron chi connectivity index (χ1n) is 7.50. The Bertz CT molecular complexity index is 492. The standard InChI is InChI=1S/C15H23N3O/c1-12-16-13(11-14(19)17-12)18-9-7-15(8-10-18)5-3-2-4-6-15/h11H,2-10H2,1H3,(H,16,17,19). The van der Waals surface area contributed by atoms with Crippen molar-refractivity contribution in [2.24, 2.45) is 5.41 Å². The van der Waals surface area contributed by atoms with Crippen LogP contribution in [0.25, 0.3) is 0 Å². The third kappa shape index (κ3) is 2.67. The quantitative estimate of drug-likeness (QED) is 0.845. The van der Waals surface area contributed by atoms with Crippen LogP contribution in [0.2, 0.25) is 0 Å². The van der Waals surface area contributed by atoms with E-state index in [4.69, 9.17) is 0 Å². The van der Waals surface area contributed by atoms with Crippen molar-refractivity contribution in [3.05, 3.63) is 22.2 Å². The van der Waals surface area contributed by atoms with Gasteiger partial charge in [0.05, 0.1) is 0 Å². The molecule has 104 valence electrons. The van der Waals surface area contributed by atoms with Crippen molar-refractivity contribution < 1.29 is 0 Å². The summed E-state index contributed by atoms with van der Waals surface area (Å²) in [6, 6.07) is 1.63. The summed E-state index contributed by atoms with van der Waals surface area (Å²) in [5, 5.41) is 0. The highest BCUT2D eigenvalue weighted by Gasteiger charge is 2.35. The summed E-state index contributed by atoms with van der Waals surface area (Å²) in [6.07, 6.45) is 9.57. The number of nitrogens with one attached hydrogen (secondary N) is 1. The Morgan fingerprint density at radius 3 is 2.47 bits per heavy atom. The Morgan fingerprint density at radius 2 is 1.84 bits per heavy atom. The Balaban J connectivity index is 1.71. The SMILES string of the molecule is Cc1nc(N2CCC3(CCCCC3)CC2)cc(=O)[nH]1. The second-order valence-corrected chi connectivity index (χ2v) is 6.24. The Labute approximate surface area is 114 Å². The van der Waals surface area contributed by atoms with Crippen LogP contribution in [0.3, 0.4) is 0 Å². The third-order valence-corrected chi connectivity index (χ3v) is 4.91. The molecule has 1 N–H and O–H groups in total. The molecular weight excluding hydrogens is 238 g/mol. The highest BCUT2D eigenvalue weighted by atomic mass is 16.1. The van der Waals surface area contributed by atoms with Crippen LogP contribution < -0.4 is 10.5 Å². The molecule has 4 heteroatoms. The van der Waals surface area contributed by atoms with Gasteiger partial charge in [-0.2, -0.15) is 0 Å². The summed E-state index contributed by atoms with van der Waals surface area (Å²) < 4.78 is 0. The van der Waals surface area contributed by atoms with E-state index in [2.05, 4.69) is 14.9 Å². The van der Waals surface area contributed by atoms with Gasteiger partial charge in [0.1, 0.15) is 11.6 Å². The molecule has 1 aliphatic heterocycles. The van der Waals surface area contributed by atoms with Gasteiger partial charge in [-0.1, -0.05) is 19.3 Å². The Morgan fingerprint density at radius 1 is 1.16 bits per heavy atom. The van der Waals surface area contributed by atoms with Crippen molar-refractivity contribution in [3.63, 3.8) is 0 Å². The molecule has 1 spiro atoms. The topological polar surface area (TPSA) is 49.0 Å². The molecule has 0 bridgehead atoms. The molecule has 1 aromatic rings. The monoisotopic (exact) mass is 261 g/mol. The largest absolute Gasteiger partial charge is 0.356 e. The molecule has 3 rings (SSSR count). The van der Waals surface area contributed by atoms with Crippen molar-refractivity contribution in [3.8, 4) is 0 Å². The average Bonchev–Trinajstić information content (AvgIpc) is 2.39. The fourth-order valence-corrected chi connectivity index (χ4v) is 3.74. The molecule has 1 aromatic heterocycles.